The summed E-state index contributed by atoms with van der Waals surface area (Å²) in [5.41, 5.74) is 2.16. The number of nitrogens with one attached hydrogen (secondary N) is 2. The normalized spacial score (nSPS) is 14.3. The van der Waals surface area contributed by atoms with E-state index in [-0.39, 0.29) is 5.82 Å². The van der Waals surface area contributed by atoms with Gasteiger partial charge in [0.15, 0.2) is 11.2 Å². The summed E-state index contributed by atoms with van der Waals surface area (Å²) in [6.07, 6.45) is 0. The summed E-state index contributed by atoms with van der Waals surface area (Å²) in [5, 5.41) is 4.18. The fourth-order valence-electron chi connectivity index (χ4n) is 2.79. The van der Waals surface area contributed by atoms with Crippen molar-refractivity contribution in [2.45, 2.75) is 13.8 Å². The van der Waals surface area contributed by atoms with Crippen LogP contribution in [0.2, 0.25) is 10.0 Å². The predicted molar refractivity (Wildman–Crippen MR) is 110 cm³/mol. The molecule has 0 radical (unpaired) electrons. The summed E-state index contributed by atoms with van der Waals surface area (Å²) in [4.78, 5) is 2.03. The van der Waals surface area contributed by atoms with Gasteiger partial charge in [0, 0.05) is 37.3 Å². The minimum absolute atomic E-state index is 0.309. The molecule has 8 heteroatoms. The molecule has 2 heterocycles. The van der Waals surface area contributed by atoms with Crippen LogP contribution in [0.15, 0.2) is 28.7 Å². The number of aromatic amines is 1. The number of hydrogen-bond donors (Lipinski definition) is 2. The Morgan fingerprint density at radius 1 is 1.12 bits per heavy atom. The minimum Gasteiger partial charge on any atom is -0.452 e. The Hall–Kier alpha value is -1.47. The third-order valence-electron chi connectivity index (χ3n) is 3.96. The Labute approximate surface area is 165 Å². The van der Waals surface area contributed by atoms with Gasteiger partial charge in [0.05, 0.1) is 20.9 Å². The molecule has 0 atom stereocenters. The van der Waals surface area contributed by atoms with Gasteiger partial charge in [0.1, 0.15) is 5.82 Å². The number of benzene rings is 2. The fraction of sp³-hybridized carbons (Fsp3) is 0.333. The topological polar surface area (TPSA) is 44.2 Å². The van der Waals surface area contributed by atoms with Crippen molar-refractivity contribution in [2.24, 2.45) is 0 Å². The van der Waals surface area contributed by atoms with Gasteiger partial charge in [-0.3, -0.25) is 0 Å². The third kappa shape index (κ3) is 3.93. The molecule has 0 saturated carbocycles. The van der Waals surface area contributed by atoms with Gasteiger partial charge in [-0.2, -0.15) is 0 Å². The van der Waals surface area contributed by atoms with Crippen LogP contribution in [0.4, 0.5) is 10.1 Å². The van der Waals surface area contributed by atoms with Crippen LogP contribution in [-0.4, -0.2) is 30.6 Å². The molecule has 2 N–H and O–H groups in total. The molecule has 0 amide bonds. The van der Waals surface area contributed by atoms with Crippen LogP contribution >= 0.6 is 34.7 Å². The van der Waals surface area contributed by atoms with E-state index in [0.29, 0.717) is 32.4 Å². The lowest BCUT2D eigenvalue weighted by Gasteiger charge is -2.29. The first-order valence-corrected chi connectivity index (χ1v) is 10.1. The zero-order valence-corrected chi connectivity index (χ0v) is 16.9. The molecule has 1 aliphatic rings. The van der Waals surface area contributed by atoms with Gasteiger partial charge in [-0.25, -0.2) is 4.39 Å². The quantitative estimate of drug-likeness (QED) is 0.513. The monoisotopic (exact) mass is 415 g/mol. The molecule has 1 aliphatic heterocycles. The van der Waals surface area contributed by atoms with Gasteiger partial charge in [0.2, 0.25) is 0 Å². The first kappa shape index (κ1) is 19.3. The van der Waals surface area contributed by atoms with E-state index in [9.17, 15) is 4.39 Å². The zero-order chi connectivity index (χ0) is 18.7. The molecule has 1 fully saturated rings. The van der Waals surface area contributed by atoms with E-state index in [0.717, 1.165) is 30.9 Å². The SMILES string of the molecule is CC.Fc1cc2oc3c(Cl)cc(Cl)cc3s[nH]c2cc1N1CCNCC1. The summed E-state index contributed by atoms with van der Waals surface area (Å²) in [6, 6.07) is 6.56. The Balaban J connectivity index is 0.000000948. The lowest BCUT2D eigenvalue weighted by Crippen LogP contribution is -2.43. The summed E-state index contributed by atoms with van der Waals surface area (Å²) in [6.45, 7) is 7.22. The molecular formula is C18H20Cl2FN3OS. The van der Waals surface area contributed by atoms with Crippen molar-refractivity contribution in [1.29, 1.82) is 0 Å². The van der Waals surface area contributed by atoms with Crippen LogP contribution in [0.1, 0.15) is 13.8 Å². The molecule has 0 spiro atoms. The Morgan fingerprint density at radius 3 is 2.58 bits per heavy atom. The van der Waals surface area contributed by atoms with Crippen molar-refractivity contribution in [2.75, 3.05) is 31.1 Å². The second-order valence-electron chi connectivity index (χ2n) is 5.56. The number of hydrogen-bond acceptors (Lipinski definition) is 4. The second-order valence-corrected chi connectivity index (χ2v) is 7.25. The van der Waals surface area contributed by atoms with Crippen molar-refractivity contribution < 1.29 is 8.81 Å². The van der Waals surface area contributed by atoms with E-state index in [2.05, 4.69) is 9.69 Å². The highest BCUT2D eigenvalue weighted by Gasteiger charge is 2.16. The predicted octanol–water partition coefficient (Wildman–Crippen LogP) is 5.98. The molecule has 0 unspecified atom stereocenters. The summed E-state index contributed by atoms with van der Waals surface area (Å²) >= 11 is 13.6. The van der Waals surface area contributed by atoms with Crippen LogP contribution in [0.3, 0.4) is 0 Å². The van der Waals surface area contributed by atoms with Crippen molar-refractivity contribution >= 4 is 61.8 Å². The molecule has 1 aromatic heterocycles. The van der Waals surface area contributed by atoms with Gasteiger partial charge in [-0.1, -0.05) is 48.6 Å². The molecule has 2 aromatic carbocycles. The molecule has 0 aliphatic carbocycles. The number of rotatable bonds is 1. The van der Waals surface area contributed by atoms with E-state index < -0.39 is 0 Å². The molecule has 26 heavy (non-hydrogen) atoms. The van der Waals surface area contributed by atoms with E-state index in [1.165, 1.54) is 17.6 Å². The maximum atomic E-state index is 14.6. The van der Waals surface area contributed by atoms with Crippen molar-refractivity contribution in [3.05, 3.63) is 40.1 Å². The van der Waals surface area contributed by atoms with E-state index >= 15 is 0 Å². The highest BCUT2D eigenvalue weighted by Crippen LogP contribution is 2.32. The highest BCUT2D eigenvalue weighted by atomic mass is 35.5. The lowest BCUT2D eigenvalue weighted by atomic mass is 10.2. The van der Waals surface area contributed by atoms with Gasteiger partial charge in [0.25, 0.3) is 0 Å². The number of piperazine rings is 1. The number of fused-ring (bicyclic) bond motifs is 2. The first-order chi connectivity index (χ1) is 12.6. The first-order valence-electron chi connectivity index (χ1n) is 8.51. The Kier molecular flexibility index (Phi) is 6.29. The largest absolute Gasteiger partial charge is 0.452 e. The third-order valence-corrected chi connectivity index (χ3v) is 5.31. The van der Waals surface area contributed by atoms with Crippen molar-refractivity contribution in [3.8, 4) is 0 Å². The number of aromatic nitrogens is 1. The summed E-state index contributed by atoms with van der Waals surface area (Å²) in [7, 11) is 0. The average Bonchev–Trinajstić information content (AvgIpc) is 2.83. The number of H-pyrrole nitrogens is 1. The van der Waals surface area contributed by atoms with Crippen LogP contribution in [-0.2, 0) is 0 Å². The molecule has 4 rings (SSSR count). The van der Waals surface area contributed by atoms with E-state index in [1.54, 1.807) is 18.2 Å². The summed E-state index contributed by atoms with van der Waals surface area (Å²) in [5.74, 6) is -0.309. The number of halogens is 3. The van der Waals surface area contributed by atoms with Crippen molar-refractivity contribution in [1.82, 2.24) is 9.69 Å². The molecule has 1 saturated heterocycles. The summed E-state index contributed by atoms with van der Waals surface area (Å²) < 4.78 is 24.4. The zero-order valence-electron chi connectivity index (χ0n) is 14.5. The highest BCUT2D eigenvalue weighted by molar-refractivity contribution is 7.13. The molecule has 0 bridgehead atoms. The van der Waals surface area contributed by atoms with Gasteiger partial charge >= 0.3 is 0 Å². The van der Waals surface area contributed by atoms with Crippen LogP contribution in [0.5, 0.6) is 0 Å². The second kappa shape index (κ2) is 8.48. The van der Waals surface area contributed by atoms with E-state index in [1.807, 2.05) is 18.7 Å². The van der Waals surface area contributed by atoms with Gasteiger partial charge in [-0.05, 0) is 18.2 Å². The van der Waals surface area contributed by atoms with Crippen LogP contribution in [0, 0.1) is 5.82 Å². The number of nitrogens with zero attached hydrogens (tertiary/aromatic N) is 1. The maximum absolute atomic E-state index is 14.6. The van der Waals surface area contributed by atoms with Crippen LogP contribution in [0.25, 0.3) is 21.4 Å². The van der Waals surface area contributed by atoms with Crippen molar-refractivity contribution in [3.63, 3.8) is 0 Å². The van der Waals surface area contributed by atoms with E-state index in [4.69, 9.17) is 27.6 Å². The fourth-order valence-corrected chi connectivity index (χ4v) is 4.25. The molecule has 4 nitrogen and oxygen atoms in total. The Morgan fingerprint density at radius 2 is 1.85 bits per heavy atom. The molecular weight excluding hydrogens is 396 g/mol. The molecule has 140 valence electrons. The minimum atomic E-state index is -0.309. The van der Waals surface area contributed by atoms with Gasteiger partial charge in [-0.15, -0.1) is 0 Å². The van der Waals surface area contributed by atoms with Crippen LogP contribution < -0.4 is 10.2 Å². The molecule has 3 aromatic rings. The smallest absolute Gasteiger partial charge is 0.164 e. The maximum Gasteiger partial charge on any atom is 0.164 e. The standard InChI is InChI=1S/C16H14Cl2FN3OS.C2H6/c17-9-5-10(18)16-15(6-9)24-21-12-8-13(11(19)7-14(12)23-16)22-3-1-20-2-4-22;1-2/h5-8,20-21H,1-4H2;1-2H3. The Bertz CT molecular complexity index is 958. The average molecular weight is 416 g/mol. The van der Waals surface area contributed by atoms with Gasteiger partial charge < -0.3 is 19.0 Å². The lowest BCUT2D eigenvalue weighted by molar-refractivity contribution is 0.565. The number of anilines is 1.